The van der Waals surface area contributed by atoms with Gasteiger partial charge >= 0.3 is 0 Å². The predicted octanol–water partition coefficient (Wildman–Crippen LogP) is 3.95. The molecule has 0 saturated heterocycles. The highest BCUT2D eigenvalue weighted by Gasteiger charge is 2.09. The van der Waals surface area contributed by atoms with Gasteiger partial charge in [-0.25, -0.2) is 4.98 Å². The fraction of sp³-hybridized carbons (Fsp3) is 0.182. The zero-order valence-electron chi connectivity index (χ0n) is 9.24. The van der Waals surface area contributed by atoms with E-state index in [1.165, 1.54) is 17.3 Å². The van der Waals surface area contributed by atoms with Crippen LogP contribution in [0, 0.1) is 13.8 Å². The standard InChI is InChI=1S/C11H9Cl2N3S/c1-6-3-4-7(2)8(5-6)17-10-9(12)15-16-11(13)14-10/h3-5H,1-2H3. The van der Waals surface area contributed by atoms with Crippen LogP contribution < -0.4 is 0 Å². The summed E-state index contributed by atoms with van der Waals surface area (Å²) >= 11 is 13.1. The highest BCUT2D eigenvalue weighted by molar-refractivity contribution is 7.99. The molecule has 0 bridgehead atoms. The van der Waals surface area contributed by atoms with Gasteiger partial charge in [0.15, 0.2) is 5.15 Å². The first-order chi connectivity index (χ1) is 8.06. The first-order valence-corrected chi connectivity index (χ1v) is 6.44. The number of hydrogen-bond acceptors (Lipinski definition) is 4. The first-order valence-electron chi connectivity index (χ1n) is 4.87. The summed E-state index contributed by atoms with van der Waals surface area (Å²) in [5, 5.41) is 8.24. The molecule has 0 N–H and O–H groups in total. The quantitative estimate of drug-likeness (QED) is 0.838. The summed E-state index contributed by atoms with van der Waals surface area (Å²) in [4.78, 5) is 5.15. The molecule has 17 heavy (non-hydrogen) atoms. The SMILES string of the molecule is Cc1ccc(C)c(Sc2nc(Cl)nnc2Cl)c1. The molecule has 2 rings (SSSR count). The molecule has 0 aliphatic carbocycles. The molecular formula is C11H9Cl2N3S. The van der Waals surface area contributed by atoms with Crippen molar-refractivity contribution in [2.45, 2.75) is 23.8 Å². The van der Waals surface area contributed by atoms with E-state index in [0.717, 1.165) is 10.5 Å². The van der Waals surface area contributed by atoms with E-state index in [1.54, 1.807) is 0 Å². The number of halogens is 2. The number of rotatable bonds is 2. The van der Waals surface area contributed by atoms with Crippen LogP contribution >= 0.6 is 35.0 Å². The van der Waals surface area contributed by atoms with Gasteiger partial charge in [-0.2, -0.15) is 0 Å². The summed E-state index contributed by atoms with van der Waals surface area (Å²) in [7, 11) is 0. The Morgan fingerprint density at radius 1 is 1.12 bits per heavy atom. The van der Waals surface area contributed by atoms with Gasteiger partial charge in [0.05, 0.1) is 0 Å². The Hall–Kier alpha value is -0.840. The molecular weight excluding hydrogens is 277 g/mol. The van der Waals surface area contributed by atoms with Crippen LogP contribution in [0.3, 0.4) is 0 Å². The van der Waals surface area contributed by atoms with Gasteiger partial charge in [0, 0.05) is 4.90 Å². The van der Waals surface area contributed by atoms with E-state index in [1.807, 2.05) is 13.8 Å². The fourth-order valence-corrected chi connectivity index (χ4v) is 2.57. The van der Waals surface area contributed by atoms with Crippen molar-refractivity contribution in [3.8, 4) is 0 Å². The molecule has 1 aromatic carbocycles. The number of aryl methyl sites for hydroxylation is 2. The van der Waals surface area contributed by atoms with Gasteiger partial charge in [0.2, 0.25) is 5.28 Å². The van der Waals surface area contributed by atoms with Gasteiger partial charge in [0.25, 0.3) is 0 Å². The summed E-state index contributed by atoms with van der Waals surface area (Å²) < 4.78 is 0. The Morgan fingerprint density at radius 2 is 1.88 bits per heavy atom. The second kappa shape index (κ2) is 5.21. The van der Waals surface area contributed by atoms with Crippen LogP contribution in [-0.2, 0) is 0 Å². The number of aromatic nitrogens is 3. The summed E-state index contributed by atoms with van der Waals surface area (Å²) in [6, 6.07) is 6.19. The van der Waals surface area contributed by atoms with Crippen molar-refractivity contribution in [1.82, 2.24) is 15.2 Å². The van der Waals surface area contributed by atoms with E-state index < -0.39 is 0 Å². The largest absolute Gasteiger partial charge is 0.244 e. The molecule has 0 fully saturated rings. The lowest BCUT2D eigenvalue weighted by molar-refractivity contribution is 0.904. The molecule has 3 nitrogen and oxygen atoms in total. The Balaban J connectivity index is 2.37. The normalized spacial score (nSPS) is 10.6. The van der Waals surface area contributed by atoms with Crippen LogP contribution in [0.5, 0.6) is 0 Å². The topological polar surface area (TPSA) is 38.7 Å². The van der Waals surface area contributed by atoms with E-state index in [2.05, 4.69) is 33.4 Å². The van der Waals surface area contributed by atoms with Gasteiger partial charge in [-0.1, -0.05) is 35.5 Å². The number of hydrogen-bond donors (Lipinski definition) is 0. The van der Waals surface area contributed by atoms with Gasteiger partial charge in [-0.3, -0.25) is 0 Å². The van der Waals surface area contributed by atoms with Gasteiger partial charge in [0.1, 0.15) is 5.03 Å². The molecule has 0 unspecified atom stereocenters. The van der Waals surface area contributed by atoms with E-state index in [-0.39, 0.29) is 10.4 Å². The molecule has 1 heterocycles. The molecule has 0 radical (unpaired) electrons. The van der Waals surface area contributed by atoms with Gasteiger partial charge < -0.3 is 0 Å². The Kier molecular flexibility index (Phi) is 3.86. The maximum atomic E-state index is 5.92. The van der Waals surface area contributed by atoms with Crippen molar-refractivity contribution in [1.29, 1.82) is 0 Å². The van der Waals surface area contributed by atoms with E-state index in [0.29, 0.717) is 5.03 Å². The minimum absolute atomic E-state index is 0.0993. The van der Waals surface area contributed by atoms with Crippen LogP contribution in [0.1, 0.15) is 11.1 Å². The summed E-state index contributed by atoms with van der Waals surface area (Å²) in [5.41, 5.74) is 2.34. The molecule has 0 aliphatic heterocycles. The molecule has 0 atom stereocenters. The third kappa shape index (κ3) is 3.09. The van der Waals surface area contributed by atoms with Crippen molar-refractivity contribution in [2.24, 2.45) is 0 Å². The molecule has 0 aliphatic rings. The maximum absolute atomic E-state index is 5.92. The highest BCUT2D eigenvalue weighted by Crippen LogP contribution is 2.33. The minimum Gasteiger partial charge on any atom is -0.206 e. The average Bonchev–Trinajstić information content (AvgIpc) is 2.28. The monoisotopic (exact) mass is 285 g/mol. The first kappa shape index (κ1) is 12.6. The average molecular weight is 286 g/mol. The van der Waals surface area contributed by atoms with E-state index >= 15 is 0 Å². The fourth-order valence-electron chi connectivity index (χ4n) is 1.27. The third-order valence-electron chi connectivity index (χ3n) is 2.14. The molecule has 2 aromatic rings. The minimum atomic E-state index is 0.0993. The lowest BCUT2D eigenvalue weighted by Crippen LogP contribution is -1.92. The number of nitrogens with zero attached hydrogens (tertiary/aromatic N) is 3. The number of benzene rings is 1. The van der Waals surface area contributed by atoms with Crippen LogP contribution in [0.25, 0.3) is 0 Å². The van der Waals surface area contributed by atoms with Crippen molar-refractivity contribution in [2.75, 3.05) is 0 Å². The van der Waals surface area contributed by atoms with Crippen LogP contribution in [-0.4, -0.2) is 15.2 Å². The van der Waals surface area contributed by atoms with Gasteiger partial charge in [-0.05, 0) is 42.6 Å². The van der Waals surface area contributed by atoms with Crippen molar-refractivity contribution < 1.29 is 0 Å². The summed E-state index contributed by atoms with van der Waals surface area (Å²) in [6.07, 6.45) is 0. The lowest BCUT2D eigenvalue weighted by Gasteiger charge is -2.06. The highest BCUT2D eigenvalue weighted by atomic mass is 35.5. The maximum Gasteiger partial charge on any atom is 0.244 e. The Morgan fingerprint density at radius 3 is 2.65 bits per heavy atom. The Bertz CT molecular complexity index is 511. The molecule has 0 saturated carbocycles. The molecule has 0 amide bonds. The van der Waals surface area contributed by atoms with E-state index in [4.69, 9.17) is 23.2 Å². The smallest absolute Gasteiger partial charge is 0.206 e. The lowest BCUT2D eigenvalue weighted by atomic mass is 10.2. The van der Waals surface area contributed by atoms with Crippen LogP contribution in [0.4, 0.5) is 0 Å². The molecule has 88 valence electrons. The molecule has 1 aromatic heterocycles. The van der Waals surface area contributed by atoms with Crippen LogP contribution in [0.15, 0.2) is 28.1 Å². The molecule has 0 spiro atoms. The second-order valence-corrected chi connectivity index (χ2v) is 5.27. The van der Waals surface area contributed by atoms with E-state index in [9.17, 15) is 0 Å². The summed E-state index contributed by atoms with van der Waals surface area (Å²) in [6.45, 7) is 4.07. The molecule has 6 heteroatoms. The van der Waals surface area contributed by atoms with Crippen molar-refractivity contribution >= 4 is 35.0 Å². The van der Waals surface area contributed by atoms with Gasteiger partial charge in [-0.15, -0.1) is 10.2 Å². The second-order valence-electron chi connectivity index (χ2n) is 3.55. The zero-order chi connectivity index (χ0) is 12.4. The Labute approximate surface area is 114 Å². The van der Waals surface area contributed by atoms with Crippen LogP contribution in [0.2, 0.25) is 10.4 Å². The zero-order valence-corrected chi connectivity index (χ0v) is 11.6. The predicted molar refractivity (Wildman–Crippen MR) is 69.9 cm³/mol. The summed E-state index contributed by atoms with van der Waals surface area (Å²) in [5.74, 6) is 0. The third-order valence-corrected chi connectivity index (χ3v) is 3.81. The van der Waals surface area contributed by atoms with Crippen molar-refractivity contribution in [3.63, 3.8) is 0 Å². The van der Waals surface area contributed by atoms with Crippen molar-refractivity contribution in [3.05, 3.63) is 39.8 Å².